The van der Waals surface area contributed by atoms with Crippen molar-refractivity contribution in [2.75, 3.05) is 0 Å². The molecule has 0 bridgehead atoms. The maximum Gasteiger partial charge on any atom is 0.216 e. The molecule has 0 spiro atoms. The summed E-state index contributed by atoms with van der Waals surface area (Å²) in [7, 11) is 0. The zero-order valence-corrected chi connectivity index (χ0v) is 13.7. The van der Waals surface area contributed by atoms with Crippen LogP contribution in [0.25, 0.3) is 22.3 Å². The largest absolute Gasteiger partial charge is 0.282 e. The fourth-order valence-electron chi connectivity index (χ4n) is 2.58. The molecule has 2 N–H and O–H groups in total. The number of nitrogens with one attached hydrogen (secondary N) is 2. The van der Waals surface area contributed by atoms with Gasteiger partial charge in [0.2, 0.25) is 10.6 Å². The van der Waals surface area contributed by atoms with Gasteiger partial charge in [-0.3, -0.25) is 5.10 Å². The van der Waals surface area contributed by atoms with Crippen LogP contribution in [0.5, 0.6) is 0 Å². The van der Waals surface area contributed by atoms with Crippen LogP contribution >= 0.6 is 12.2 Å². The molecule has 2 heterocycles. The molecule has 4 aromatic rings. The summed E-state index contributed by atoms with van der Waals surface area (Å²) in [5, 5.41) is 20.9. The van der Waals surface area contributed by atoms with Crippen molar-refractivity contribution in [3.05, 3.63) is 64.6 Å². The number of benzene rings is 2. The Labute approximate surface area is 142 Å². The van der Waals surface area contributed by atoms with Crippen LogP contribution in [0, 0.1) is 11.7 Å². The van der Waals surface area contributed by atoms with Crippen molar-refractivity contribution in [2.24, 2.45) is 5.10 Å². The first-order valence-electron chi connectivity index (χ1n) is 7.44. The molecule has 0 amide bonds. The van der Waals surface area contributed by atoms with Gasteiger partial charge in [-0.05, 0) is 36.0 Å². The molecule has 0 unspecified atom stereocenters. The highest BCUT2D eigenvalue weighted by Gasteiger charge is 2.11. The predicted molar refractivity (Wildman–Crippen MR) is 96.7 cm³/mol. The third-order valence-electron chi connectivity index (χ3n) is 3.72. The second kappa shape index (κ2) is 5.86. The van der Waals surface area contributed by atoms with Gasteiger partial charge in [0.15, 0.2) is 0 Å². The topological polar surface area (TPSA) is 74.7 Å². The maximum atomic E-state index is 5.28. The molecular weight excluding hydrogens is 320 g/mol. The standard InChI is InChI=1S/C17H14N6S/c1-11-9-15(20-19-11)16-21-22-17(24)23(16)18-10-13-7-4-6-12-5-2-3-8-14(12)13/h2-10H,1H3,(H,19,20)(H,22,24). The molecule has 0 radical (unpaired) electrons. The monoisotopic (exact) mass is 334 g/mol. The molecule has 2 aromatic heterocycles. The van der Waals surface area contributed by atoms with Gasteiger partial charge in [-0.25, -0.2) is 5.10 Å². The molecule has 0 atom stereocenters. The maximum absolute atomic E-state index is 5.28. The number of fused-ring (bicyclic) bond motifs is 1. The number of aromatic amines is 2. The molecule has 0 aliphatic heterocycles. The molecule has 7 heteroatoms. The summed E-state index contributed by atoms with van der Waals surface area (Å²) >= 11 is 5.28. The lowest BCUT2D eigenvalue weighted by Gasteiger charge is -2.02. The first-order chi connectivity index (χ1) is 11.7. The molecular formula is C17H14N6S. The van der Waals surface area contributed by atoms with E-state index in [0.29, 0.717) is 16.3 Å². The Kier molecular flexibility index (Phi) is 3.55. The number of H-pyrrole nitrogens is 2. The molecule has 0 fully saturated rings. The summed E-state index contributed by atoms with van der Waals surface area (Å²) in [6.07, 6.45) is 1.79. The minimum absolute atomic E-state index is 0.419. The second-order valence-corrected chi connectivity index (χ2v) is 5.80. The third-order valence-corrected chi connectivity index (χ3v) is 3.99. The van der Waals surface area contributed by atoms with E-state index in [1.165, 1.54) is 5.39 Å². The Balaban J connectivity index is 1.79. The summed E-state index contributed by atoms with van der Waals surface area (Å²) in [6.45, 7) is 1.93. The lowest BCUT2D eigenvalue weighted by Crippen LogP contribution is -1.95. The summed E-state index contributed by atoms with van der Waals surface area (Å²) < 4.78 is 1.99. The summed E-state index contributed by atoms with van der Waals surface area (Å²) in [5.74, 6) is 0.570. The molecule has 6 nitrogen and oxygen atoms in total. The van der Waals surface area contributed by atoms with Crippen LogP contribution < -0.4 is 0 Å². The van der Waals surface area contributed by atoms with Crippen molar-refractivity contribution in [2.45, 2.75) is 6.92 Å². The van der Waals surface area contributed by atoms with E-state index in [9.17, 15) is 0 Å². The predicted octanol–water partition coefficient (Wildman–Crippen LogP) is 3.67. The van der Waals surface area contributed by atoms with Gasteiger partial charge in [-0.1, -0.05) is 42.5 Å². The smallest absolute Gasteiger partial charge is 0.216 e. The van der Waals surface area contributed by atoms with Crippen LogP contribution in [0.3, 0.4) is 0 Å². The molecule has 4 rings (SSSR count). The zero-order valence-electron chi connectivity index (χ0n) is 12.9. The summed E-state index contributed by atoms with van der Waals surface area (Å²) in [4.78, 5) is 0. The third kappa shape index (κ3) is 2.55. The Morgan fingerprint density at radius 1 is 1.08 bits per heavy atom. The minimum Gasteiger partial charge on any atom is -0.282 e. The van der Waals surface area contributed by atoms with Gasteiger partial charge >= 0.3 is 0 Å². The van der Waals surface area contributed by atoms with E-state index in [2.05, 4.69) is 43.7 Å². The Morgan fingerprint density at radius 2 is 1.92 bits per heavy atom. The van der Waals surface area contributed by atoms with Crippen molar-refractivity contribution >= 4 is 29.2 Å². The highest BCUT2D eigenvalue weighted by Crippen LogP contribution is 2.18. The Morgan fingerprint density at radius 3 is 2.75 bits per heavy atom. The first kappa shape index (κ1) is 14.5. The highest BCUT2D eigenvalue weighted by atomic mass is 32.1. The number of hydrogen-bond acceptors (Lipinski definition) is 4. The van der Waals surface area contributed by atoms with Crippen molar-refractivity contribution in [3.63, 3.8) is 0 Å². The second-order valence-electron chi connectivity index (χ2n) is 5.41. The Bertz CT molecular complexity index is 1100. The minimum atomic E-state index is 0.419. The number of hydrogen-bond donors (Lipinski definition) is 2. The molecule has 0 saturated carbocycles. The van der Waals surface area contributed by atoms with Gasteiger partial charge in [0.25, 0.3) is 0 Å². The van der Waals surface area contributed by atoms with E-state index in [0.717, 1.165) is 16.6 Å². The van der Waals surface area contributed by atoms with Gasteiger partial charge in [0.05, 0.1) is 6.21 Å². The number of rotatable bonds is 3. The van der Waals surface area contributed by atoms with Gasteiger partial charge in [-0.2, -0.15) is 20.0 Å². The van der Waals surface area contributed by atoms with Crippen LogP contribution in [-0.4, -0.2) is 31.3 Å². The van der Waals surface area contributed by atoms with E-state index < -0.39 is 0 Å². The van der Waals surface area contributed by atoms with Gasteiger partial charge in [0.1, 0.15) is 5.69 Å². The molecule has 0 aliphatic rings. The van der Waals surface area contributed by atoms with Crippen LogP contribution in [0.1, 0.15) is 11.3 Å². The van der Waals surface area contributed by atoms with E-state index in [1.807, 2.05) is 37.3 Å². The van der Waals surface area contributed by atoms with Crippen molar-refractivity contribution in [1.82, 2.24) is 25.1 Å². The van der Waals surface area contributed by atoms with E-state index in [1.54, 1.807) is 10.9 Å². The quantitative estimate of drug-likeness (QED) is 0.443. The molecule has 24 heavy (non-hydrogen) atoms. The van der Waals surface area contributed by atoms with Crippen molar-refractivity contribution in [1.29, 1.82) is 0 Å². The first-order valence-corrected chi connectivity index (χ1v) is 7.85. The van der Waals surface area contributed by atoms with Crippen LogP contribution in [0.4, 0.5) is 0 Å². The van der Waals surface area contributed by atoms with Crippen molar-refractivity contribution in [3.8, 4) is 11.5 Å². The van der Waals surface area contributed by atoms with Gasteiger partial charge in [-0.15, -0.1) is 0 Å². The average Bonchev–Trinajstić information content (AvgIpc) is 3.18. The Hall–Kier alpha value is -3.06. The molecule has 2 aromatic carbocycles. The van der Waals surface area contributed by atoms with Crippen LogP contribution in [0.15, 0.2) is 53.6 Å². The molecule has 0 aliphatic carbocycles. The SMILES string of the molecule is Cc1cc(-c2n[nH]c(=S)n2N=Cc2cccc3ccccc23)n[nH]1. The average molecular weight is 334 g/mol. The van der Waals surface area contributed by atoms with E-state index in [-0.39, 0.29) is 0 Å². The normalized spacial score (nSPS) is 11.5. The fraction of sp³-hybridized carbons (Fsp3) is 0.0588. The summed E-state index contributed by atoms with van der Waals surface area (Å²) in [5.41, 5.74) is 2.65. The van der Waals surface area contributed by atoms with Gasteiger partial charge in [0, 0.05) is 11.3 Å². The van der Waals surface area contributed by atoms with E-state index in [4.69, 9.17) is 12.2 Å². The van der Waals surface area contributed by atoms with Crippen LogP contribution in [0.2, 0.25) is 0 Å². The lowest BCUT2D eigenvalue weighted by atomic mass is 10.1. The summed E-state index contributed by atoms with van der Waals surface area (Å²) in [6, 6.07) is 16.2. The lowest BCUT2D eigenvalue weighted by molar-refractivity contribution is 0.865. The number of aromatic nitrogens is 5. The number of nitrogens with zero attached hydrogens (tertiary/aromatic N) is 4. The zero-order chi connectivity index (χ0) is 16.5. The molecule has 118 valence electrons. The van der Waals surface area contributed by atoms with Crippen molar-refractivity contribution < 1.29 is 0 Å². The molecule has 0 saturated heterocycles. The fourth-order valence-corrected chi connectivity index (χ4v) is 2.76. The number of aryl methyl sites for hydroxylation is 1. The van der Waals surface area contributed by atoms with Crippen LogP contribution in [-0.2, 0) is 0 Å². The van der Waals surface area contributed by atoms with E-state index >= 15 is 0 Å². The highest BCUT2D eigenvalue weighted by molar-refractivity contribution is 7.71. The van der Waals surface area contributed by atoms with Gasteiger partial charge < -0.3 is 0 Å².